The zero-order chi connectivity index (χ0) is 10.7. The number of nitrogens with one attached hydrogen (secondary N) is 1. The molecule has 1 aromatic rings. The predicted octanol–water partition coefficient (Wildman–Crippen LogP) is 3.23. The Balaban J connectivity index is 1.82. The first-order chi connectivity index (χ1) is 7.28. The maximum Gasteiger partial charge on any atom is 0.202 e. The number of nitrogens with zero attached hydrogens (tertiary/aromatic N) is 2. The lowest BCUT2D eigenvalue weighted by Gasteiger charge is -2.28. The van der Waals surface area contributed by atoms with E-state index >= 15 is 0 Å². The van der Waals surface area contributed by atoms with Gasteiger partial charge in [0.05, 0.1) is 0 Å². The van der Waals surface area contributed by atoms with Gasteiger partial charge < -0.3 is 5.32 Å². The Morgan fingerprint density at radius 2 is 2.07 bits per heavy atom. The molecule has 84 valence electrons. The summed E-state index contributed by atoms with van der Waals surface area (Å²) < 4.78 is 4.18. The Kier molecular flexibility index (Phi) is 3.57. The van der Waals surface area contributed by atoms with Crippen LogP contribution in [-0.4, -0.2) is 15.4 Å². The first kappa shape index (κ1) is 10.9. The molecule has 0 saturated heterocycles. The molecule has 0 bridgehead atoms. The lowest BCUT2D eigenvalue weighted by molar-refractivity contribution is 0.330. The van der Waals surface area contributed by atoms with E-state index in [1.54, 1.807) is 0 Å². The van der Waals surface area contributed by atoms with Crippen molar-refractivity contribution in [1.82, 2.24) is 9.36 Å². The highest BCUT2D eigenvalue weighted by Gasteiger charge is 2.20. The minimum atomic E-state index is 0.625. The quantitative estimate of drug-likeness (QED) is 0.858. The molecule has 1 saturated carbocycles. The molecule has 0 spiro atoms. The largest absolute Gasteiger partial charge is 0.358 e. The van der Waals surface area contributed by atoms with Crippen LogP contribution in [0.4, 0.5) is 5.13 Å². The molecule has 1 aromatic heterocycles. The summed E-state index contributed by atoms with van der Waals surface area (Å²) in [6.07, 6.45) is 6.65. The van der Waals surface area contributed by atoms with Crippen molar-refractivity contribution in [2.45, 2.75) is 52.0 Å². The minimum Gasteiger partial charge on any atom is -0.358 e. The van der Waals surface area contributed by atoms with Crippen molar-refractivity contribution in [1.29, 1.82) is 0 Å². The normalized spacial score (nSPS) is 26.5. The van der Waals surface area contributed by atoms with Crippen LogP contribution in [0.5, 0.6) is 0 Å². The molecule has 1 heterocycles. The van der Waals surface area contributed by atoms with Gasteiger partial charge in [0.15, 0.2) is 0 Å². The van der Waals surface area contributed by atoms with Gasteiger partial charge in [0.2, 0.25) is 5.13 Å². The SMILES string of the molecule is CCC1CCC(Nc2nc(C)ns2)CC1. The fourth-order valence-corrected chi connectivity index (χ4v) is 2.90. The predicted molar refractivity (Wildman–Crippen MR) is 64.3 cm³/mol. The van der Waals surface area contributed by atoms with Crippen LogP contribution in [0.1, 0.15) is 44.9 Å². The van der Waals surface area contributed by atoms with Gasteiger partial charge in [0.1, 0.15) is 5.82 Å². The van der Waals surface area contributed by atoms with Gasteiger partial charge in [0, 0.05) is 17.6 Å². The summed E-state index contributed by atoms with van der Waals surface area (Å²) in [7, 11) is 0. The van der Waals surface area contributed by atoms with Crippen LogP contribution in [-0.2, 0) is 0 Å². The molecule has 0 unspecified atom stereocenters. The Bertz CT molecular complexity index is 303. The smallest absolute Gasteiger partial charge is 0.202 e. The summed E-state index contributed by atoms with van der Waals surface area (Å²) in [5.41, 5.74) is 0. The monoisotopic (exact) mass is 225 g/mol. The molecule has 3 nitrogen and oxygen atoms in total. The van der Waals surface area contributed by atoms with Crippen LogP contribution >= 0.6 is 11.5 Å². The fourth-order valence-electron chi connectivity index (χ4n) is 2.25. The van der Waals surface area contributed by atoms with E-state index < -0.39 is 0 Å². The number of aromatic nitrogens is 2. The molecule has 2 rings (SSSR count). The van der Waals surface area contributed by atoms with E-state index in [4.69, 9.17) is 0 Å². The number of aryl methyl sites for hydroxylation is 1. The molecule has 4 heteroatoms. The summed E-state index contributed by atoms with van der Waals surface area (Å²) in [4.78, 5) is 4.34. The summed E-state index contributed by atoms with van der Waals surface area (Å²) in [6.45, 7) is 4.24. The molecule has 1 N–H and O–H groups in total. The first-order valence-corrected chi connectivity index (χ1v) is 6.62. The lowest BCUT2D eigenvalue weighted by atomic mass is 9.85. The van der Waals surface area contributed by atoms with Crippen molar-refractivity contribution >= 4 is 16.7 Å². The molecular formula is C11H19N3S. The highest BCUT2D eigenvalue weighted by atomic mass is 32.1. The van der Waals surface area contributed by atoms with Gasteiger partial charge in [-0.2, -0.15) is 4.37 Å². The number of rotatable bonds is 3. The summed E-state index contributed by atoms with van der Waals surface area (Å²) in [5, 5.41) is 4.48. The molecule has 0 amide bonds. The molecule has 0 radical (unpaired) electrons. The van der Waals surface area contributed by atoms with Gasteiger partial charge in [-0.05, 0) is 38.5 Å². The topological polar surface area (TPSA) is 37.8 Å². The van der Waals surface area contributed by atoms with E-state index in [0.29, 0.717) is 6.04 Å². The highest BCUT2D eigenvalue weighted by Crippen LogP contribution is 2.28. The number of anilines is 1. The Morgan fingerprint density at radius 3 is 2.60 bits per heavy atom. The van der Waals surface area contributed by atoms with Gasteiger partial charge in [-0.15, -0.1) is 0 Å². The Labute approximate surface area is 95.5 Å². The average Bonchev–Trinajstić information content (AvgIpc) is 2.65. The third-order valence-electron chi connectivity index (χ3n) is 3.28. The van der Waals surface area contributed by atoms with Gasteiger partial charge in [-0.1, -0.05) is 13.3 Å². The molecule has 0 aliphatic heterocycles. The van der Waals surface area contributed by atoms with Crippen LogP contribution < -0.4 is 5.32 Å². The molecule has 15 heavy (non-hydrogen) atoms. The Morgan fingerprint density at radius 1 is 1.33 bits per heavy atom. The second-order valence-corrected chi connectivity index (χ2v) is 5.17. The molecule has 1 aliphatic carbocycles. The van der Waals surface area contributed by atoms with Gasteiger partial charge >= 0.3 is 0 Å². The minimum absolute atomic E-state index is 0.625. The van der Waals surface area contributed by atoms with E-state index in [1.165, 1.54) is 43.6 Å². The number of hydrogen-bond acceptors (Lipinski definition) is 4. The van der Waals surface area contributed by atoms with Crippen LogP contribution in [0, 0.1) is 12.8 Å². The average molecular weight is 225 g/mol. The van der Waals surface area contributed by atoms with Crippen molar-refractivity contribution in [2.75, 3.05) is 5.32 Å². The van der Waals surface area contributed by atoms with E-state index in [2.05, 4.69) is 21.6 Å². The molecule has 0 atom stereocenters. The van der Waals surface area contributed by atoms with Crippen LogP contribution in [0.3, 0.4) is 0 Å². The summed E-state index contributed by atoms with van der Waals surface area (Å²) >= 11 is 1.48. The summed E-state index contributed by atoms with van der Waals surface area (Å²) in [6, 6.07) is 0.625. The van der Waals surface area contributed by atoms with Crippen LogP contribution in [0.15, 0.2) is 0 Å². The van der Waals surface area contributed by atoms with Crippen molar-refractivity contribution in [3.8, 4) is 0 Å². The van der Waals surface area contributed by atoms with Crippen molar-refractivity contribution in [3.05, 3.63) is 5.82 Å². The standard InChI is InChI=1S/C11H19N3S/c1-3-9-4-6-10(7-5-9)13-11-12-8(2)14-15-11/h9-10H,3-7H2,1-2H3,(H,12,13,14). The van der Waals surface area contributed by atoms with E-state index in [1.807, 2.05) is 6.92 Å². The van der Waals surface area contributed by atoms with Gasteiger partial charge in [-0.3, -0.25) is 0 Å². The molecular weight excluding hydrogens is 206 g/mol. The fraction of sp³-hybridized carbons (Fsp3) is 0.818. The third kappa shape index (κ3) is 2.91. The first-order valence-electron chi connectivity index (χ1n) is 5.84. The molecule has 1 aliphatic rings. The maximum atomic E-state index is 4.34. The maximum absolute atomic E-state index is 4.34. The highest BCUT2D eigenvalue weighted by molar-refractivity contribution is 7.09. The van der Waals surface area contributed by atoms with Gasteiger partial charge in [0.25, 0.3) is 0 Å². The number of hydrogen-bond donors (Lipinski definition) is 1. The zero-order valence-corrected chi connectivity index (χ0v) is 10.3. The van der Waals surface area contributed by atoms with Gasteiger partial charge in [-0.25, -0.2) is 4.98 Å². The zero-order valence-electron chi connectivity index (χ0n) is 9.49. The second-order valence-electron chi connectivity index (χ2n) is 4.42. The Hall–Kier alpha value is -0.640. The van der Waals surface area contributed by atoms with Crippen molar-refractivity contribution in [2.24, 2.45) is 5.92 Å². The third-order valence-corrected chi connectivity index (χ3v) is 4.02. The van der Waals surface area contributed by atoms with E-state index in [9.17, 15) is 0 Å². The molecule has 0 aromatic carbocycles. The van der Waals surface area contributed by atoms with E-state index in [0.717, 1.165) is 16.9 Å². The van der Waals surface area contributed by atoms with Crippen LogP contribution in [0.2, 0.25) is 0 Å². The summed E-state index contributed by atoms with van der Waals surface area (Å²) in [5.74, 6) is 1.84. The van der Waals surface area contributed by atoms with E-state index in [-0.39, 0.29) is 0 Å². The van der Waals surface area contributed by atoms with Crippen molar-refractivity contribution < 1.29 is 0 Å². The van der Waals surface area contributed by atoms with Crippen LogP contribution in [0.25, 0.3) is 0 Å². The second kappa shape index (κ2) is 4.92. The lowest BCUT2D eigenvalue weighted by Crippen LogP contribution is -2.25. The van der Waals surface area contributed by atoms with Crippen molar-refractivity contribution in [3.63, 3.8) is 0 Å². The molecule has 1 fully saturated rings.